The molecule has 2 aliphatic heterocycles. The molecule has 0 bridgehead atoms. The second kappa shape index (κ2) is 17.7. The van der Waals surface area contributed by atoms with E-state index in [1.165, 1.54) is 24.3 Å². The molecule has 1 N–H and O–H groups in total. The Labute approximate surface area is 315 Å². The summed E-state index contributed by atoms with van der Waals surface area (Å²) in [6.45, 7) is 1.36. The monoisotopic (exact) mass is 760 g/mol. The van der Waals surface area contributed by atoms with E-state index in [0.717, 1.165) is 23.4 Å². The van der Waals surface area contributed by atoms with Gasteiger partial charge >= 0.3 is 12.1 Å². The Morgan fingerprint density at radius 1 is 0.925 bits per heavy atom. The molecule has 2 fully saturated rings. The third kappa shape index (κ3) is 9.21. The average molecular weight is 761 g/mol. The van der Waals surface area contributed by atoms with Crippen molar-refractivity contribution in [3.63, 3.8) is 0 Å². The van der Waals surface area contributed by atoms with Gasteiger partial charge in [0.05, 0.1) is 29.1 Å². The maximum atomic E-state index is 13.8. The van der Waals surface area contributed by atoms with Crippen LogP contribution in [0, 0.1) is 10.1 Å². The Balaban J connectivity index is 0.00000541. The molecule has 0 aromatic heterocycles. The zero-order valence-corrected chi connectivity index (χ0v) is 29.4. The van der Waals surface area contributed by atoms with Gasteiger partial charge in [-0.3, -0.25) is 24.8 Å². The first kappa shape index (κ1) is 38.5. The molecule has 4 aromatic rings. The van der Waals surface area contributed by atoms with E-state index in [-0.39, 0.29) is 46.9 Å². The SMILES string of the molecule is O=C(O)[C@H](N=C(c1ccccc1)c1ccccc1[N-]C(=O)[C@@H]1CCCN1Cc1ccccc1)[C@@H](CC(=O)N1CCOC1=O)c1ccc([N+](=O)[O-])cc1.[Ni]. The van der Waals surface area contributed by atoms with Gasteiger partial charge in [-0.1, -0.05) is 97.1 Å². The van der Waals surface area contributed by atoms with Crippen LogP contribution < -0.4 is 0 Å². The number of cyclic esters (lactones) is 1. The van der Waals surface area contributed by atoms with E-state index in [2.05, 4.69) is 10.2 Å². The van der Waals surface area contributed by atoms with Crippen LogP contribution in [-0.2, 0) is 42.2 Å². The number of imide groups is 1. The van der Waals surface area contributed by atoms with Crippen LogP contribution in [-0.4, -0.2) is 81.2 Å². The van der Waals surface area contributed by atoms with Gasteiger partial charge in [0.15, 0.2) is 6.04 Å². The number of rotatable bonds is 13. The van der Waals surface area contributed by atoms with Gasteiger partial charge in [-0.05, 0) is 36.1 Å². The summed E-state index contributed by atoms with van der Waals surface area (Å²) in [7, 11) is 0. The normalized spacial score (nSPS) is 17.0. The number of nitro groups is 1. The summed E-state index contributed by atoms with van der Waals surface area (Å²) in [5, 5.41) is 26.7. The number of nitro benzene ring substituents is 1. The van der Waals surface area contributed by atoms with Gasteiger partial charge in [-0.15, -0.1) is 5.69 Å². The standard InChI is InChI=1S/C39H37N5O8.Ni/c45-34(43-22-23-52-39(43)49)24-31(27-17-19-29(20-18-27)44(50)51)36(38(47)48)41-35(28-12-5-2-6-13-28)30-14-7-8-15-32(30)40-37(46)33-16-9-21-42(33)25-26-10-3-1-4-11-26;/h1-8,10-15,17-20,31,33,36H,9,16,21-25H2,(H2,40,41,46,47,48);/p-1/t31-,33-,36+;/m0./s1. The second-order valence-corrected chi connectivity index (χ2v) is 12.5. The Morgan fingerprint density at radius 2 is 1.58 bits per heavy atom. The number of amides is 3. The fourth-order valence-corrected chi connectivity index (χ4v) is 6.60. The summed E-state index contributed by atoms with van der Waals surface area (Å²) in [6.07, 6.45) is 0.194. The molecule has 2 aliphatic rings. The van der Waals surface area contributed by atoms with Crippen molar-refractivity contribution in [2.75, 3.05) is 19.7 Å². The molecule has 6 rings (SSSR count). The van der Waals surface area contributed by atoms with Crippen LogP contribution in [0.4, 0.5) is 16.2 Å². The number of carbonyl (C=O) groups is 4. The maximum absolute atomic E-state index is 13.8. The molecule has 53 heavy (non-hydrogen) atoms. The number of carboxylic acid groups (broad SMARTS) is 1. The maximum Gasteiger partial charge on any atom is 0.416 e. The largest absolute Gasteiger partial charge is 0.625 e. The Morgan fingerprint density at radius 3 is 2.23 bits per heavy atom. The van der Waals surface area contributed by atoms with E-state index >= 15 is 0 Å². The van der Waals surface area contributed by atoms with Crippen molar-refractivity contribution in [2.45, 2.75) is 43.8 Å². The first-order chi connectivity index (χ1) is 25.2. The quantitative estimate of drug-likeness (QED) is 0.0717. The van der Waals surface area contributed by atoms with Gasteiger partial charge in [0.25, 0.3) is 5.69 Å². The third-order valence-corrected chi connectivity index (χ3v) is 9.21. The van der Waals surface area contributed by atoms with Crippen molar-refractivity contribution < 1.29 is 50.4 Å². The summed E-state index contributed by atoms with van der Waals surface area (Å²) in [4.78, 5) is 71.3. The molecule has 0 radical (unpaired) electrons. The van der Waals surface area contributed by atoms with Crippen molar-refractivity contribution in [1.29, 1.82) is 0 Å². The third-order valence-electron chi connectivity index (χ3n) is 9.21. The molecule has 2 heterocycles. The van der Waals surface area contributed by atoms with E-state index in [1.54, 1.807) is 54.6 Å². The fourth-order valence-electron chi connectivity index (χ4n) is 6.60. The summed E-state index contributed by atoms with van der Waals surface area (Å²) in [5.74, 6) is -3.53. The van der Waals surface area contributed by atoms with Crippen LogP contribution >= 0.6 is 0 Å². The van der Waals surface area contributed by atoms with Crippen molar-refractivity contribution in [2.24, 2.45) is 4.99 Å². The first-order valence-electron chi connectivity index (χ1n) is 16.9. The predicted molar refractivity (Wildman–Crippen MR) is 191 cm³/mol. The van der Waals surface area contributed by atoms with Crippen LogP contribution in [0.5, 0.6) is 0 Å². The zero-order valence-electron chi connectivity index (χ0n) is 28.4. The van der Waals surface area contributed by atoms with Crippen molar-refractivity contribution >= 4 is 41.0 Å². The van der Waals surface area contributed by atoms with E-state index in [4.69, 9.17) is 9.73 Å². The molecule has 13 nitrogen and oxygen atoms in total. The molecule has 0 spiro atoms. The molecular weight excluding hydrogens is 725 g/mol. The molecule has 0 unspecified atom stereocenters. The molecule has 3 amide bonds. The van der Waals surface area contributed by atoms with Gasteiger partial charge in [0.1, 0.15) is 6.61 Å². The number of hydrogen-bond donors (Lipinski definition) is 1. The summed E-state index contributed by atoms with van der Waals surface area (Å²) >= 11 is 0. The zero-order chi connectivity index (χ0) is 36.6. The Hall–Kier alpha value is -5.72. The summed E-state index contributed by atoms with van der Waals surface area (Å²) in [6, 6.07) is 28.7. The van der Waals surface area contributed by atoms with Gasteiger partial charge in [-0.25, -0.2) is 14.5 Å². The molecule has 3 atom stereocenters. The van der Waals surface area contributed by atoms with E-state index < -0.39 is 47.3 Å². The van der Waals surface area contributed by atoms with Gasteiger partial charge in [0, 0.05) is 53.1 Å². The van der Waals surface area contributed by atoms with Crippen LogP contribution in [0.3, 0.4) is 0 Å². The number of likely N-dealkylation sites (tertiary alicyclic amines) is 1. The van der Waals surface area contributed by atoms with Crippen LogP contribution in [0.15, 0.2) is 114 Å². The number of para-hydroxylation sites is 1. The number of non-ortho nitro benzene ring substituents is 1. The number of aliphatic carboxylic acids is 1. The number of carbonyl (C=O) groups excluding carboxylic acids is 3. The molecule has 14 heteroatoms. The second-order valence-electron chi connectivity index (χ2n) is 12.5. The van der Waals surface area contributed by atoms with E-state index in [9.17, 15) is 34.4 Å². The number of nitrogens with zero attached hydrogens (tertiary/aromatic N) is 5. The van der Waals surface area contributed by atoms with Crippen LogP contribution in [0.1, 0.15) is 47.4 Å². The van der Waals surface area contributed by atoms with Gasteiger partial charge in [0.2, 0.25) is 5.91 Å². The van der Waals surface area contributed by atoms with Crippen LogP contribution in [0.2, 0.25) is 0 Å². The van der Waals surface area contributed by atoms with E-state index in [1.807, 2.05) is 30.3 Å². The van der Waals surface area contributed by atoms with E-state index in [0.29, 0.717) is 35.3 Å². The minimum Gasteiger partial charge on any atom is -0.625 e. The molecular formula is C39H36N5NiO8-. The molecule has 2 saturated heterocycles. The molecule has 4 aromatic carbocycles. The minimum atomic E-state index is -1.61. The van der Waals surface area contributed by atoms with Crippen LogP contribution in [0.25, 0.3) is 5.32 Å². The number of ether oxygens (including phenoxy) is 1. The first-order valence-corrected chi connectivity index (χ1v) is 16.9. The number of carboxylic acids is 1. The molecule has 276 valence electrons. The molecule has 0 saturated carbocycles. The average Bonchev–Trinajstić information content (AvgIpc) is 3.81. The fraction of sp³-hybridized carbons (Fsp3) is 0.256. The van der Waals surface area contributed by atoms with Crippen molar-refractivity contribution in [3.8, 4) is 0 Å². The number of hydrogen-bond acceptors (Lipinski definition) is 9. The Bertz CT molecular complexity index is 1980. The van der Waals surface area contributed by atoms with Gasteiger partial charge in [-0.2, -0.15) is 0 Å². The predicted octanol–water partition coefficient (Wildman–Crippen LogP) is 6.23. The number of benzene rings is 4. The topological polar surface area (TPSA) is 174 Å². The number of aliphatic imine (C=N–C) groups is 1. The van der Waals surface area contributed by atoms with Crippen molar-refractivity contribution in [1.82, 2.24) is 9.80 Å². The smallest absolute Gasteiger partial charge is 0.416 e. The van der Waals surface area contributed by atoms with Crippen molar-refractivity contribution in [3.05, 3.63) is 147 Å². The minimum absolute atomic E-state index is 0. The van der Waals surface area contributed by atoms with Gasteiger partial charge < -0.3 is 20.0 Å². The Kier molecular flexibility index (Phi) is 12.8. The summed E-state index contributed by atoms with van der Waals surface area (Å²) < 4.78 is 4.93. The molecule has 0 aliphatic carbocycles. The summed E-state index contributed by atoms with van der Waals surface area (Å²) in [5.41, 5.74) is 2.61.